The fourth-order valence-electron chi connectivity index (χ4n) is 3.45. The molecule has 1 heterocycles. The molecule has 6 heteroatoms. The molecular formula is C23H27NO5. The van der Waals surface area contributed by atoms with Crippen LogP contribution in [0.25, 0.3) is 5.57 Å². The van der Waals surface area contributed by atoms with Crippen molar-refractivity contribution in [1.82, 2.24) is 4.90 Å². The molecule has 1 saturated heterocycles. The van der Waals surface area contributed by atoms with Crippen LogP contribution in [0, 0.1) is 5.41 Å². The lowest BCUT2D eigenvalue weighted by molar-refractivity contribution is -0.149. The topological polar surface area (TPSA) is 65.1 Å². The zero-order chi connectivity index (χ0) is 20.7. The van der Waals surface area contributed by atoms with Gasteiger partial charge in [0.15, 0.2) is 0 Å². The van der Waals surface area contributed by atoms with E-state index in [0.717, 1.165) is 16.9 Å². The minimum Gasteiger partial charge on any atom is -0.496 e. The summed E-state index contributed by atoms with van der Waals surface area (Å²) in [6, 6.07) is 7.74. The van der Waals surface area contributed by atoms with Crippen LogP contribution in [0.1, 0.15) is 18.9 Å². The third-order valence-corrected chi connectivity index (χ3v) is 5.14. The minimum absolute atomic E-state index is 0.120. The van der Waals surface area contributed by atoms with Gasteiger partial charge in [-0.3, -0.25) is 9.59 Å². The Kier molecular flexibility index (Phi) is 6.88. The summed E-state index contributed by atoms with van der Waals surface area (Å²) in [6.45, 7) is 4.24. The lowest BCUT2D eigenvalue weighted by atomic mass is 9.78. The molecule has 0 radical (unpaired) electrons. The van der Waals surface area contributed by atoms with Gasteiger partial charge < -0.3 is 19.1 Å². The van der Waals surface area contributed by atoms with E-state index in [1.54, 1.807) is 25.0 Å². The summed E-state index contributed by atoms with van der Waals surface area (Å²) in [5, 5.41) is 0. The number of amides is 1. The number of esters is 1. The van der Waals surface area contributed by atoms with Gasteiger partial charge in [0.1, 0.15) is 11.2 Å². The summed E-state index contributed by atoms with van der Waals surface area (Å²) in [5.41, 5.74) is 0.927. The highest BCUT2D eigenvalue weighted by Gasteiger charge is 2.36. The number of allylic oxidation sites excluding steroid dienone is 3. The molecule has 1 aliphatic carbocycles. The highest BCUT2D eigenvalue weighted by molar-refractivity contribution is 5.91. The molecule has 1 aromatic carbocycles. The maximum absolute atomic E-state index is 12.8. The van der Waals surface area contributed by atoms with Gasteiger partial charge in [0.2, 0.25) is 5.91 Å². The summed E-state index contributed by atoms with van der Waals surface area (Å²) in [7, 11) is 1.63. The van der Waals surface area contributed by atoms with Crippen molar-refractivity contribution in [3.63, 3.8) is 0 Å². The van der Waals surface area contributed by atoms with Crippen LogP contribution in [0.2, 0.25) is 0 Å². The largest absolute Gasteiger partial charge is 0.496 e. The zero-order valence-corrected chi connectivity index (χ0v) is 16.9. The second kappa shape index (κ2) is 9.56. The minimum atomic E-state index is -0.997. The van der Waals surface area contributed by atoms with Crippen molar-refractivity contribution >= 4 is 17.4 Å². The quantitative estimate of drug-likeness (QED) is 0.545. The number of para-hydroxylation sites is 1. The van der Waals surface area contributed by atoms with Crippen molar-refractivity contribution in [2.45, 2.75) is 13.3 Å². The number of carbonyl (C=O) groups is 2. The molecule has 1 atom stereocenters. The Morgan fingerprint density at radius 3 is 2.66 bits per heavy atom. The van der Waals surface area contributed by atoms with Gasteiger partial charge >= 0.3 is 5.97 Å². The molecular weight excluding hydrogens is 370 g/mol. The molecule has 1 unspecified atom stereocenters. The molecule has 6 nitrogen and oxygen atoms in total. The molecule has 29 heavy (non-hydrogen) atoms. The maximum Gasteiger partial charge on any atom is 0.320 e. The predicted molar refractivity (Wildman–Crippen MR) is 110 cm³/mol. The molecule has 0 N–H and O–H groups in total. The van der Waals surface area contributed by atoms with E-state index in [1.807, 2.05) is 42.5 Å². The van der Waals surface area contributed by atoms with E-state index in [0.29, 0.717) is 32.7 Å². The number of rotatable bonds is 6. The SMILES string of the molecule is CCOC(=O)C1(/C=C/C(=O)N2CCOCC2)C=CC(c2ccccc2OC)=CC1. The van der Waals surface area contributed by atoms with Crippen molar-refractivity contribution in [1.29, 1.82) is 0 Å². The zero-order valence-electron chi connectivity index (χ0n) is 16.9. The van der Waals surface area contributed by atoms with E-state index >= 15 is 0 Å². The van der Waals surface area contributed by atoms with Gasteiger partial charge in [-0.15, -0.1) is 0 Å². The average Bonchev–Trinajstić information content (AvgIpc) is 2.78. The van der Waals surface area contributed by atoms with E-state index in [1.165, 1.54) is 6.08 Å². The Labute approximate surface area is 171 Å². The normalized spacial score (nSPS) is 21.7. The molecule has 1 aromatic rings. The number of carbonyl (C=O) groups excluding carboxylic acids is 2. The molecule has 0 spiro atoms. The second-order valence-electron chi connectivity index (χ2n) is 6.93. The van der Waals surface area contributed by atoms with Crippen molar-refractivity contribution in [3.05, 3.63) is 60.2 Å². The third-order valence-electron chi connectivity index (χ3n) is 5.14. The molecule has 2 aliphatic rings. The fourth-order valence-corrected chi connectivity index (χ4v) is 3.45. The number of hydrogen-bond acceptors (Lipinski definition) is 5. The Balaban J connectivity index is 1.83. The molecule has 3 rings (SSSR count). The highest BCUT2D eigenvalue weighted by atomic mass is 16.5. The van der Waals surface area contributed by atoms with E-state index in [9.17, 15) is 9.59 Å². The molecule has 154 valence electrons. The van der Waals surface area contributed by atoms with Crippen LogP contribution in [-0.4, -0.2) is 56.8 Å². The highest BCUT2D eigenvalue weighted by Crippen LogP contribution is 2.38. The van der Waals surface area contributed by atoms with Crippen LogP contribution in [0.3, 0.4) is 0 Å². The first-order valence-corrected chi connectivity index (χ1v) is 9.85. The summed E-state index contributed by atoms with van der Waals surface area (Å²) in [5.74, 6) is 0.285. The van der Waals surface area contributed by atoms with Gasteiger partial charge in [0.25, 0.3) is 0 Å². The number of ether oxygens (including phenoxy) is 3. The van der Waals surface area contributed by atoms with E-state index in [4.69, 9.17) is 14.2 Å². The number of methoxy groups -OCH3 is 1. The Bertz CT molecular complexity index is 835. The Morgan fingerprint density at radius 1 is 1.24 bits per heavy atom. The summed E-state index contributed by atoms with van der Waals surface area (Å²) < 4.78 is 16.0. The monoisotopic (exact) mass is 397 g/mol. The van der Waals surface area contributed by atoms with Crippen molar-refractivity contribution < 1.29 is 23.8 Å². The number of nitrogens with zero attached hydrogens (tertiary/aromatic N) is 1. The number of hydrogen-bond donors (Lipinski definition) is 0. The molecule has 1 fully saturated rings. The number of morpholine rings is 1. The van der Waals surface area contributed by atoms with Crippen LogP contribution in [0.5, 0.6) is 5.75 Å². The first kappa shape index (κ1) is 20.9. The van der Waals surface area contributed by atoms with Crippen LogP contribution in [0.15, 0.2) is 54.6 Å². The summed E-state index contributed by atoms with van der Waals surface area (Å²) in [4.78, 5) is 27.0. The summed E-state index contributed by atoms with van der Waals surface area (Å²) >= 11 is 0. The molecule has 1 amide bonds. The maximum atomic E-state index is 12.8. The van der Waals surface area contributed by atoms with E-state index in [-0.39, 0.29) is 18.5 Å². The first-order chi connectivity index (χ1) is 14.1. The van der Waals surface area contributed by atoms with Gasteiger partial charge in [0, 0.05) is 24.7 Å². The van der Waals surface area contributed by atoms with Crippen molar-refractivity contribution in [2.75, 3.05) is 40.0 Å². The summed E-state index contributed by atoms with van der Waals surface area (Å²) in [6.07, 6.45) is 9.24. The fraction of sp³-hybridized carbons (Fsp3) is 0.391. The molecule has 1 aliphatic heterocycles. The van der Waals surface area contributed by atoms with Gasteiger partial charge in [-0.25, -0.2) is 0 Å². The first-order valence-electron chi connectivity index (χ1n) is 9.85. The van der Waals surface area contributed by atoms with Gasteiger partial charge in [-0.05, 0) is 25.0 Å². The van der Waals surface area contributed by atoms with E-state index < -0.39 is 5.41 Å². The Hall–Kier alpha value is -2.86. The van der Waals surface area contributed by atoms with Crippen LogP contribution < -0.4 is 4.74 Å². The Morgan fingerprint density at radius 2 is 2.00 bits per heavy atom. The van der Waals surface area contributed by atoms with Crippen molar-refractivity contribution in [2.24, 2.45) is 5.41 Å². The van der Waals surface area contributed by atoms with Crippen LogP contribution in [-0.2, 0) is 19.1 Å². The lowest BCUT2D eigenvalue weighted by Crippen LogP contribution is -2.40. The lowest BCUT2D eigenvalue weighted by Gasteiger charge is -2.28. The van der Waals surface area contributed by atoms with Crippen LogP contribution in [0.4, 0.5) is 0 Å². The van der Waals surface area contributed by atoms with Crippen LogP contribution >= 0.6 is 0 Å². The third kappa shape index (κ3) is 4.77. The standard InChI is InChI=1S/C23H27NO5/c1-3-29-22(26)23(13-10-21(25)24-14-16-28-17-15-24)11-8-18(9-12-23)19-6-4-5-7-20(19)27-2/h4-11,13H,3,12,14-17H2,1-2H3/b13-10+. The second-order valence-corrected chi connectivity index (χ2v) is 6.93. The van der Waals surface area contributed by atoms with Gasteiger partial charge in [0.05, 0.1) is 26.9 Å². The van der Waals surface area contributed by atoms with E-state index in [2.05, 4.69) is 0 Å². The molecule has 0 aromatic heterocycles. The molecule has 0 saturated carbocycles. The number of benzene rings is 1. The van der Waals surface area contributed by atoms with Gasteiger partial charge in [-0.2, -0.15) is 0 Å². The predicted octanol–water partition coefficient (Wildman–Crippen LogP) is 3.00. The average molecular weight is 397 g/mol. The molecule has 0 bridgehead atoms. The van der Waals surface area contributed by atoms with Crippen molar-refractivity contribution in [3.8, 4) is 5.75 Å². The van der Waals surface area contributed by atoms with Gasteiger partial charge in [-0.1, -0.05) is 42.5 Å². The smallest absolute Gasteiger partial charge is 0.320 e.